The van der Waals surface area contributed by atoms with Gasteiger partial charge in [-0.1, -0.05) is 12.1 Å². The van der Waals surface area contributed by atoms with E-state index < -0.39 is 22.7 Å². The number of carbonyl (C=O) groups excluding carboxylic acids is 1. The maximum atomic E-state index is 13.5. The summed E-state index contributed by atoms with van der Waals surface area (Å²) in [6.07, 6.45) is 0. The second-order valence-electron chi connectivity index (χ2n) is 4.18. The van der Waals surface area contributed by atoms with Crippen molar-refractivity contribution in [2.24, 2.45) is 0 Å². The molecule has 0 aliphatic rings. The van der Waals surface area contributed by atoms with Crippen LogP contribution < -0.4 is 0 Å². The first-order valence-corrected chi connectivity index (χ1v) is 6.77. The Bertz CT molecular complexity index is 643. The third-order valence-electron chi connectivity index (χ3n) is 2.71. The summed E-state index contributed by atoms with van der Waals surface area (Å²) in [5, 5.41) is -0.600. The van der Waals surface area contributed by atoms with Crippen molar-refractivity contribution in [3.05, 3.63) is 65.5 Å². The van der Waals surface area contributed by atoms with Gasteiger partial charge in [0.25, 0.3) is 0 Å². The minimum absolute atomic E-state index is 0.0697. The molecule has 2 aromatic carbocycles. The number of carbonyl (C=O) groups is 1. The highest BCUT2D eigenvalue weighted by molar-refractivity contribution is 8.00. The molecule has 0 amide bonds. The Kier molecular flexibility index (Phi) is 4.49. The fourth-order valence-electron chi connectivity index (χ4n) is 1.67. The van der Waals surface area contributed by atoms with E-state index in [4.69, 9.17) is 0 Å². The molecule has 0 radical (unpaired) electrons. The highest BCUT2D eigenvalue weighted by Crippen LogP contribution is 2.28. The summed E-state index contributed by atoms with van der Waals surface area (Å²) in [4.78, 5) is 12.4. The summed E-state index contributed by atoms with van der Waals surface area (Å²) in [5.41, 5.74) is 0.0697. The molecule has 0 saturated heterocycles. The molecule has 0 aromatic heterocycles. The molecular weight excluding hydrogens is 285 g/mol. The molecular formula is C15H11F3OS. The Morgan fingerprint density at radius 1 is 1.00 bits per heavy atom. The Hall–Kier alpha value is -1.75. The zero-order valence-electron chi connectivity index (χ0n) is 10.6. The summed E-state index contributed by atoms with van der Waals surface area (Å²) in [6, 6.07) is 9.08. The summed E-state index contributed by atoms with van der Waals surface area (Å²) in [7, 11) is 0. The van der Waals surface area contributed by atoms with Crippen LogP contribution in [0.15, 0.2) is 47.4 Å². The maximum absolute atomic E-state index is 13.5. The third-order valence-corrected chi connectivity index (χ3v) is 3.87. The number of halogens is 3. The quantitative estimate of drug-likeness (QED) is 0.612. The SMILES string of the molecule is CC(Sc1ccccc1F)C(=O)c1ccc(F)c(F)c1. The van der Waals surface area contributed by atoms with Gasteiger partial charge in [0, 0.05) is 10.5 Å². The normalized spacial score (nSPS) is 12.2. The second-order valence-corrected chi connectivity index (χ2v) is 5.57. The van der Waals surface area contributed by atoms with Crippen LogP contribution in [0, 0.1) is 17.5 Å². The summed E-state index contributed by atoms with van der Waals surface area (Å²) < 4.78 is 39.4. The van der Waals surface area contributed by atoms with E-state index in [9.17, 15) is 18.0 Å². The molecule has 0 N–H and O–H groups in total. The fourth-order valence-corrected chi connectivity index (χ4v) is 2.63. The smallest absolute Gasteiger partial charge is 0.175 e. The molecule has 0 spiro atoms. The van der Waals surface area contributed by atoms with Crippen LogP contribution in [0.3, 0.4) is 0 Å². The molecule has 0 heterocycles. The first kappa shape index (κ1) is 14.7. The standard InChI is InChI=1S/C15H11F3OS/c1-9(20-14-5-3-2-4-12(14)17)15(19)10-6-7-11(16)13(18)8-10/h2-9H,1H3. The summed E-state index contributed by atoms with van der Waals surface area (Å²) in [6.45, 7) is 1.60. The van der Waals surface area contributed by atoms with Crippen molar-refractivity contribution >= 4 is 17.5 Å². The van der Waals surface area contributed by atoms with E-state index in [1.807, 2.05) is 0 Å². The highest BCUT2D eigenvalue weighted by atomic mass is 32.2. The zero-order valence-corrected chi connectivity index (χ0v) is 11.4. The van der Waals surface area contributed by atoms with E-state index in [1.165, 1.54) is 12.1 Å². The first-order valence-electron chi connectivity index (χ1n) is 5.89. The minimum atomic E-state index is -1.07. The molecule has 2 aromatic rings. The van der Waals surface area contributed by atoms with Crippen molar-refractivity contribution < 1.29 is 18.0 Å². The van der Waals surface area contributed by atoms with Crippen LogP contribution in [0.2, 0.25) is 0 Å². The number of hydrogen-bond acceptors (Lipinski definition) is 2. The van der Waals surface area contributed by atoms with Gasteiger partial charge in [-0.25, -0.2) is 13.2 Å². The molecule has 2 rings (SSSR count). The molecule has 0 fully saturated rings. The maximum Gasteiger partial charge on any atom is 0.175 e. The van der Waals surface area contributed by atoms with Gasteiger partial charge < -0.3 is 0 Å². The average molecular weight is 296 g/mol. The van der Waals surface area contributed by atoms with Crippen molar-refractivity contribution in [1.29, 1.82) is 0 Å². The molecule has 1 atom stereocenters. The van der Waals surface area contributed by atoms with Gasteiger partial charge in [0.1, 0.15) is 5.82 Å². The molecule has 1 unspecified atom stereocenters. The lowest BCUT2D eigenvalue weighted by atomic mass is 10.1. The number of benzene rings is 2. The Balaban J connectivity index is 2.16. The summed E-state index contributed by atoms with van der Waals surface area (Å²) in [5.74, 6) is -2.87. The van der Waals surface area contributed by atoms with E-state index in [2.05, 4.69) is 0 Å². The van der Waals surface area contributed by atoms with Crippen LogP contribution in [0.1, 0.15) is 17.3 Å². The lowest BCUT2D eigenvalue weighted by Crippen LogP contribution is -2.14. The molecule has 1 nitrogen and oxygen atoms in total. The molecule has 5 heteroatoms. The third kappa shape index (κ3) is 3.22. The largest absolute Gasteiger partial charge is 0.293 e. The van der Waals surface area contributed by atoms with Crippen molar-refractivity contribution in [1.82, 2.24) is 0 Å². The van der Waals surface area contributed by atoms with E-state index in [0.29, 0.717) is 4.90 Å². The average Bonchev–Trinajstić information content (AvgIpc) is 2.43. The van der Waals surface area contributed by atoms with Gasteiger partial charge in [-0.15, -0.1) is 11.8 Å². The number of Topliss-reactive ketones (excluding diaryl/α,β-unsaturated/α-hetero) is 1. The first-order chi connectivity index (χ1) is 9.49. The molecule has 104 valence electrons. The van der Waals surface area contributed by atoms with Crippen LogP contribution in [0.25, 0.3) is 0 Å². The lowest BCUT2D eigenvalue weighted by Gasteiger charge is -2.11. The Morgan fingerprint density at radius 3 is 2.35 bits per heavy atom. The minimum Gasteiger partial charge on any atom is -0.293 e. The fraction of sp³-hybridized carbons (Fsp3) is 0.133. The molecule has 0 aliphatic carbocycles. The molecule has 0 saturated carbocycles. The van der Waals surface area contributed by atoms with Crippen molar-refractivity contribution in [2.75, 3.05) is 0 Å². The predicted octanol–water partition coefficient (Wildman–Crippen LogP) is 4.47. The van der Waals surface area contributed by atoms with E-state index in [-0.39, 0.29) is 11.3 Å². The lowest BCUT2D eigenvalue weighted by molar-refractivity contribution is 0.0993. The number of rotatable bonds is 4. The van der Waals surface area contributed by atoms with Gasteiger partial charge >= 0.3 is 0 Å². The van der Waals surface area contributed by atoms with Crippen LogP contribution in [0.5, 0.6) is 0 Å². The van der Waals surface area contributed by atoms with Gasteiger partial charge in [-0.2, -0.15) is 0 Å². The van der Waals surface area contributed by atoms with Crippen molar-refractivity contribution in [3.63, 3.8) is 0 Å². The number of hydrogen-bond donors (Lipinski definition) is 0. The Morgan fingerprint density at radius 2 is 1.70 bits per heavy atom. The number of thioether (sulfide) groups is 1. The van der Waals surface area contributed by atoms with E-state index in [1.54, 1.807) is 25.1 Å². The van der Waals surface area contributed by atoms with Crippen molar-refractivity contribution in [2.45, 2.75) is 17.1 Å². The van der Waals surface area contributed by atoms with Crippen LogP contribution >= 0.6 is 11.8 Å². The van der Waals surface area contributed by atoms with Gasteiger partial charge in [0.05, 0.1) is 5.25 Å². The molecule has 0 bridgehead atoms. The second kappa shape index (κ2) is 6.13. The van der Waals surface area contributed by atoms with Crippen LogP contribution in [0.4, 0.5) is 13.2 Å². The number of ketones is 1. The van der Waals surface area contributed by atoms with Gasteiger partial charge in [0.2, 0.25) is 0 Å². The topological polar surface area (TPSA) is 17.1 Å². The monoisotopic (exact) mass is 296 g/mol. The molecule has 20 heavy (non-hydrogen) atoms. The van der Waals surface area contributed by atoms with Gasteiger partial charge in [-0.05, 0) is 37.3 Å². The molecule has 0 aliphatic heterocycles. The zero-order chi connectivity index (χ0) is 14.7. The predicted molar refractivity (Wildman–Crippen MR) is 72.4 cm³/mol. The van der Waals surface area contributed by atoms with E-state index in [0.717, 1.165) is 23.9 Å². The Labute approximate surface area is 118 Å². The van der Waals surface area contributed by atoms with Crippen LogP contribution in [-0.2, 0) is 0 Å². The highest BCUT2D eigenvalue weighted by Gasteiger charge is 2.19. The van der Waals surface area contributed by atoms with Crippen LogP contribution in [-0.4, -0.2) is 11.0 Å². The van der Waals surface area contributed by atoms with Gasteiger partial charge in [0.15, 0.2) is 17.4 Å². The van der Waals surface area contributed by atoms with E-state index >= 15 is 0 Å². The van der Waals surface area contributed by atoms with Crippen molar-refractivity contribution in [3.8, 4) is 0 Å². The van der Waals surface area contributed by atoms with Gasteiger partial charge in [-0.3, -0.25) is 4.79 Å². The summed E-state index contributed by atoms with van der Waals surface area (Å²) >= 11 is 1.04.